The first-order valence-electron chi connectivity index (χ1n) is 11.3. The van der Waals surface area contributed by atoms with Crippen LogP contribution in [0.1, 0.15) is 22.6 Å². The molecule has 2 amide bonds. The number of nitro groups is 1. The van der Waals surface area contributed by atoms with E-state index in [1.165, 1.54) is 12.1 Å². The standard InChI is InChI=1S/C26H21BrN4O5/c1-16-3-2-4-18(15-16)23-22(17-5-9-21(10-6-17)31(34)35)24(25(32)29-13-14-36-26(29)33)30(28-23)20-11-7-19(27)8-12-20/h2-12,15,22,24H,13-14H2,1H3/t22-,24-/m1/s1. The largest absolute Gasteiger partial charge is 0.447 e. The monoisotopic (exact) mass is 548 g/mol. The summed E-state index contributed by atoms with van der Waals surface area (Å²) in [6.45, 7) is 2.24. The van der Waals surface area contributed by atoms with Gasteiger partial charge in [0.25, 0.3) is 11.6 Å². The van der Waals surface area contributed by atoms with Gasteiger partial charge in [0.15, 0.2) is 0 Å². The van der Waals surface area contributed by atoms with Crippen LogP contribution < -0.4 is 5.01 Å². The van der Waals surface area contributed by atoms with Crippen LogP contribution >= 0.6 is 15.9 Å². The lowest BCUT2D eigenvalue weighted by Gasteiger charge is -2.29. The van der Waals surface area contributed by atoms with E-state index < -0.39 is 28.9 Å². The van der Waals surface area contributed by atoms with Crippen LogP contribution in [0.4, 0.5) is 16.2 Å². The van der Waals surface area contributed by atoms with Crippen LogP contribution in [0.5, 0.6) is 0 Å². The zero-order chi connectivity index (χ0) is 25.4. The second kappa shape index (κ2) is 9.54. The topological polar surface area (TPSA) is 105 Å². The molecule has 0 aliphatic carbocycles. The number of rotatable bonds is 5. The molecule has 2 aliphatic heterocycles. The number of anilines is 1. The number of benzene rings is 3. The lowest BCUT2D eigenvalue weighted by Crippen LogP contribution is -2.48. The van der Waals surface area contributed by atoms with Gasteiger partial charge in [-0.15, -0.1) is 0 Å². The molecule has 0 saturated carbocycles. The average Bonchev–Trinajstić information content (AvgIpc) is 3.48. The Morgan fingerprint density at radius 2 is 1.83 bits per heavy atom. The second-order valence-electron chi connectivity index (χ2n) is 8.55. The molecule has 2 heterocycles. The predicted molar refractivity (Wildman–Crippen MR) is 137 cm³/mol. The number of nitro benzene ring substituents is 1. The van der Waals surface area contributed by atoms with E-state index in [-0.39, 0.29) is 18.8 Å². The number of nitrogens with zero attached hydrogens (tertiary/aromatic N) is 4. The van der Waals surface area contributed by atoms with E-state index in [2.05, 4.69) is 15.9 Å². The number of hydrazone groups is 1. The van der Waals surface area contributed by atoms with Crippen molar-refractivity contribution < 1.29 is 19.2 Å². The van der Waals surface area contributed by atoms with Crippen LogP contribution in [0, 0.1) is 17.0 Å². The molecule has 0 spiro atoms. The number of non-ortho nitro benzene ring substituents is 1. The zero-order valence-corrected chi connectivity index (χ0v) is 20.8. The Bertz CT molecular complexity index is 1370. The number of carbonyl (C=O) groups excluding carboxylic acids is 2. The van der Waals surface area contributed by atoms with Crippen LogP contribution in [-0.2, 0) is 9.53 Å². The van der Waals surface area contributed by atoms with Crippen molar-refractivity contribution in [2.24, 2.45) is 5.10 Å². The molecule has 0 bridgehead atoms. The Hall–Kier alpha value is -4.05. The van der Waals surface area contributed by atoms with Crippen LogP contribution in [0.3, 0.4) is 0 Å². The fourth-order valence-corrected chi connectivity index (χ4v) is 4.79. The maximum absolute atomic E-state index is 13.9. The van der Waals surface area contributed by atoms with Crippen LogP contribution in [-0.4, -0.2) is 46.7 Å². The van der Waals surface area contributed by atoms with Crippen molar-refractivity contribution in [2.45, 2.75) is 18.9 Å². The second-order valence-corrected chi connectivity index (χ2v) is 9.47. The number of hydrogen-bond acceptors (Lipinski definition) is 7. The maximum atomic E-state index is 13.9. The van der Waals surface area contributed by atoms with Gasteiger partial charge >= 0.3 is 6.09 Å². The third-order valence-electron chi connectivity index (χ3n) is 6.24. The summed E-state index contributed by atoms with van der Waals surface area (Å²) in [6, 6.07) is 20.3. The van der Waals surface area contributed by atoms with Gasteiger partial charge < -0.3 is 4.74 Å². The first-order chi connectivity index (χ1) is 17.3. The molecule has 3 aromatic rings. The Kier molecular flexibility index (Phi) is 6.27. The zero-order valence-electron chi connectivity index (χ0n) is 19.2. The van der Waals surface area contributed by atoms with Gasteiger partial charge in [-0.25, -0.2) is 9.69 Å². The number of amides is 2. The van der Waals surface area contributed by atoms with E-state index in [1.807, 2.05) is 55.5 Å². The lowest BCUT2D eigenvalue weighted by atomic mass is 9.84. The molecule has 0 unspecified atom stereocenters. The number of imide groups is 1. The summed E-state index contributed by atoms with van der Waals surface area (Å²) in [4.78, 5) is 38.2. The Labute approximate surface area is 215 Å². The van der Waals surface area contributed by atoms with Crippen molar-refractivity contribution in [1.82, 2.24) is 4.90 Å². The highest BCUT2D eigenvalue weighted by molar-refractivity contribution is 9.10. The SMILES string of the molecule is Cc1cccc(C2=NN(c3ccc(Br)cc3)[C@@H](C(=O)N3CCOC3=O)[C@@H]2c2ccc([N+](=O)[O-])cc2)c1. The number of halogens is 1. The number of cyclic esters (lactones) is 1. The van der Waals surface area contributed by atoms with E-state index in [1.54, 1.807) is 17.1 Å². The molecule has 10 heteroatoms. The summed E-state index contributed by atoms with van der Waals surface area (Å²) in [5.74, 6) is -1.05. The normalized spacial score (nSPS) is 19.3. The predicted octanol–water partition coefficient (Wildman–Crippen LogP) is 5.02. The van der Waals surface area contributed by atoms with Crippen molar-refractivity contribution >= 4 is 45.0 Å². The smallest absolute Gasteiger partial charge is 0.416 e. The highest BCUT2D eigenvalue weighted by Gasteiger charge is 2.48. The molecule has 0 aromatic heterocycles. The average molecular weight is 549 g/mol. The highest BCUT2D eigenvalue weighted by atomic mass is 79.9. The molecule has 182 valence electrons. The Morgan fingerprint density at radius 1 is 1.11 bits per heavy atom. The van der Waals surface area contributed by atoms with E-state index in [9.17, 15) is 19.7 Å². The molecule has 3 aromatic carbocycles. The third-order valence-corrected chi connectivity index (χ3v) is 6.77. The molecule has 36 heavy (non-hydrogen) atoms. The van der Waals surface area contributed by atoms with Gasteiger partial charge in [-0.05, 0) is 42.3 Å². The minimum absolute atomic E-state index is 0.0541. The molecule has 1 fully saturated rings. The summed E-state index contributed by atoms with van der Waals surface area (Å²) in [5, 5.41) is 17.8. The van der Waals surface area contributed by atoms with Crippen molar-refractivity contribution in [1.29, 1.82) is 0 Å². The van der Waals surface area contributed by atoms with Crippen LogP contribution in [0.2, 0.25) is 0 Å². The summed E-state index contributed by atoms with van der Waals surface area (Å²) in [7, 11) is 0. The van der Waals surface area contributed by atoms with Gasteiger partial charge in [0.1, 0.15) is 12.6 Å². The molecular formula is C26H21BrN4O5. The first-order valence-corrected chi connectivity index (χ1v) is 12.1. The molecule has 9 nitrogen and oxygen atoms in total. The molecule has 2 aliphatic rings. The van der Waals surface area contributed by atoms with Gasteiger partial charge in [0.2, 0.25) is 0 Å². The van der Waals surface area contributed by atoms with E-state index in [4.69, 9.17) is 9.84 Å². The van der Waals surface area contributed by atoms with Crippen molar-refractivity contribution in [3.05, 3.63) is 104 Å². The van der Waals surface area contributed by atoms with E-state index in [0.717, 1.165) is 20.5 Å². The summed E-state index contributed by atoms with van der Waals surface area (Å²) in [5.41, 5.74) is 3.75. The molecular weight excluding hydrogens is 528 g/mol. The van der Waals surface area contributed by atoms with Crippen molar-refractivity contribution in [3.63, 3.8) is 0 Å². The molecule has 2 atom stereocenters. The molecule has 0 N–H and O–H groups in total. The number of aryl methyl sites for hydroxylation is 1. The Morgan fingerprint density at radius 3 is 2.44 bits per heavy atom. The summed E-state index contributed by atoms with van der Waals surface area (Å²) >= 11 is 3.44. The molecule has 0 radical (unpaired) electrons. The number of carbonyl (C=O) groups is 2. The number of ether oxygens (including phenoxy) is 1. The van der Waals surface area contributed by atoms with Gasteiger partial charge in [0.05, 0.1) is 28.8 Å². The molecule has 5 rings (SSSR count). The highest BCUT2D eigenvalue weighted by Crippen LogP contribution is 2.39. The van der Waals surface area contributed by atoms with Crippen LogP contribution in [0.25, 0.3) is 0 Å². The van der Waals surface area contributed by atoms with Crippen LogP contribution in [0.15, 0.2) is 82.4 Å². The Balaban J connectivity index is 1.68. The van der Waals surface area contributed by atoms with Gasteiger partial charge in [-0.1, -0.05) is 57.9 Å². The molecule has 1 saturated heterocycles. The van der Waals surface area contributed by atoms with Crippen molar-refractivity contribution in [2.75, 3.05) is 18.2 Å². The fourth-order valence-electron chi connectivity index (χ4n) is 4.53. The van der Waals surface area contributed by atoms with Gasteiger partial charge in [-0.2, -0.15) is 5.10 Å². The quantitative estimate of drug-likeness (QED) is 0.327. The first kappa shape index (κ1) is 23.7. The minimum Gasteiger partial charge on any atom is -0.447 e. The van der Waals surface area contributed by atoms with E-state index in [0.29, 0.717) is 17.0 Å². The maximum Gasteiger partial charge on any atom is 0.416 e. The fraction of sp³-hybridized carbons (Fsp3) is 0.192. The lowest BCUT2D eigenvalue weighted by molar-refractivity contribution is -0.384. The minimum atomic E-state index is -0.909. The summed E-state index contributed by atoms with van der Waals surface area (Å²) in [6.07, 6.45) is -0.692. The summed E-state index contributed by atoms with van der Waals surface area (Å²) < 4.78 is 5.91. The van der Waals surface area contributed by atoms with E-state index >= 15 is 0 Å². The number of hydrogen-bond donors (Lipinski definition) is 0. The third kappa shape index (κ3) is 4.35. The van der Waals surface area contributed by atoms with Crippen molar-refractivity contribution in [3.8, 4) is 0 Å². The van der Waals surface area contributed by atoms with Gasteiger partial charge in [0, 0.05) is 16.6 Å². The van der Waals surface area contributed by atoms with Gasteiger partial charge in [-0.3, -0.25) is 19.9 Å².